The fourth-order valence-electron chi connectivity index (χ4n) is 5.12. The standard InChI is InChI=1S/C25H38N8O2/c1-24(2)16-21(31-22(34)18-32(12-4-8-26)13-5-9-27)17-25(3,19-24)20-30-23(35)33(14-6-10-28)15-7-11-29/h21H,4-7,12-20H2,1-3H3,(H,30,35)(H,31,34). The van der Waals surface area contributed by atoms with Gasteiger partial charge in [0.15, 0.2) is 0 Å². The first-order valence-corrected chi connectivity index (χ1v) is 12.1. The van der Waals surface area contributed by atoms with Crippen molar-refractivity contribution < 1.29 is 9.59 Å². The molecule has 10 heteroatoms. The second kappa shape index (κ2) is 14.8. The van der Waals surface area contributed by atoms with E-state index in [1.807, 2.05) is 17.0 Å². The van der Waals surface area contributed by atoms with Gasteiger partial charge in [-0.15, -0.1) is 0 Å². The highest BCUT2D eigenvalue weighted by molar-refractivity contribution is 5.78. The summed E-state index contributed by atoms with van der Waals surface area (Å²) in [6.45, 7) is 8.42. The summed E-state index contributed by atoms with van der Waals surface area (Å²) in [6.07, 6.45) is 3.40. The van der Waals surface area contributed by atoms with Crippen LogP contribution in [-0.2, 0) is 4.79 Å². The number of rotatable bonds is 13. The molecule has 190 valence electrons. The summed E-state index contributed by atoms with van der Waals surface area (Å²) in [6, 6.07) is 7.88. The highest BCUT2D eigenvalue weighted by Gasteiger charge is 2.42. The van der Waals surface area contributed by atoms with E-state index in [4.69, 9.17) is 21.0 Å². The molecule has 10 nitrogen and oxygen atoms in total. The third kappa shape index (κ3) is 11.6. The number of carbonyl (C=O) groups is 2. The van der Waals surface area contributed by atoms with Gasteiger partial charge >= 0.3 is 6.03 Å². The summed E-state index contributed by atoms with van der Waals surface area (Å²) in [5.41, 5.74) is -0.287. The lowest BCUT2D eigenvalue weighted by Crippen LogP contribution is -2.53. The van der Waals surface area contributed by atoms with Crippen LogP contribution in [0.3, 0.4) is 0 Å². The molecule has 0 bridgehead atoms. The Morgan fingerprint density at radius 3 is 1.89 bits per heavy atom. The lowest BCUT2D eigenvalue weighted by molar-refractivity contribution is -0.123. The predicted octanol–water partition coefficient (Wildman–Crippen LogP) is 2.66. The molecule has 0 spiro atoms. The molecule has 1 aliphatic carbocycles. The maximum atomic E-state index is 12.8. The fraction of sp³-hybridized carbons (Fsp3) is 0.760. The van der Waals surface area contributed by atoms with E-state index >= 15 is 0 Å². The van der Waals surface area contributed by atoms with Crippen molar-refractivity contribution in [2.45, 2.75) is 71.8 Å². The van der Waals surface area contributed by atoms with Gasteiger partial charge in [-0.1, -0.05) is 20.8 Å². The molecule has 0 aliphatic heterocycles. The smallest absolute Gasteiger partial charge is 0.317 e. The molecule has 0 heterocycles. The monoisotopic (exact) mass is 482 g/mol. The van der Waals surface area contributed by atoms with Crippen molar-refractivity contribution >= 4 is 11.9 Å². The largest absolute Gasteiger partial charge is 0.352 e. The SMILES string of the molecule is CC1(C)CC(NC(=O)CN(CCC#N)CCC#N)CC(C)(CNC(=O)N(CCC#N)CCC#N)C1. The zero-order chi connectivity index (χ0) is 26.3. The molecule has 35 heavy (non-hydrogen) atoms. The van der Waals surface area contributed by atoms with E-state index in [9.17, 15) is 9.59 Å². The Hall–Kier alpha value is -3.34. The molecular formula is C25H38N8O2. The Kier molecular flexibility index (Phi) is 12.6. The minimum Gasteiger partial charge on any atom is -0.352 e. The van der Waals surface area contributed by atoms with E-state index in [1.54, 1.807) is 0 Å². The van der Waals surface area contributed by atoms with E-state index in [0.717, 1.165) is 12.8 Å². The van der Waals surface area contributed by atoms with Crippen LogP contribution < -0.4 is 10.6 Å². The molecule has 2 atom stereocenters. The van der Waals surface area contributed by atoms with Crippen LogP contribution in [0.2, 0.25) is 0 Å². The Bertz CT molecular complexity index is 840. The van der Waals surface area contributed by atoms with Crippen molar-refractivity contribution in [1.82, 2.24) is 20.4 Å². The van der Waals surface area contributed by atoms with Crippen molar-refractivity contribution in [2.75, 3.05) is 39.3 Å². The second-order valence-electron chi connectivity index (χ2n) is 10.4. The van der Waals surface area contributed by atoms with Gasteiger partial charge in [-0.25, -0.2) is 4.79 Å². The van der Waals surface area contributed by atoms with E-state index < -0.39 is 0 Å². The first-order chi connectivity index (χ1) is 16.6. The minimum atomic E-state index is -0.286. The maximum Gasteiger partial charge on any atom is 0.317 e. The topological polar surface area (TPSA) is 160 Å². The predicted molar refractivity (Wildman–Crippen MR) is 130 cm³/mol. The molecule has 0 aromatic heterocycles. The summed E-state index contributed by atoms with van der Waals surface area (Å²) in [4.78, 5) is 28.8. The summed E-state index contributed by atoms with van der Waals surface area (Å²) in [7, 11) is 0. The van der Waals surface area contributed by atoms with Gasteiger partial charge in [0.1, 0.15) is 0 Å². The fourth-order valence-corrected chi connectivity index (χ4v) is 5.12. The van der Waals surface area contributed by atoms with Gasteiger partial charge in [0, 0.05) is 51.6 Å². The molecule has 1 rings (SSSR count). The van der Waals surface area contributed by atoms with Crippen LogP contribution in [0.5, 0.6) is 0 Å². The molecular weight excluding hydrogens is 444 g/mol. The van der Waals surface area contributed by atoms with Gasteiger partial charge in [0.05, 0.1) is 43.7 Å². The van der Waals surface area contributed by atoms with Crippen LogP contribution in [0.15, 0.2) is 0 Å². The van der Waals surface area contributed by atoms with Crippen molar-refractivity contribution in [3.63, 3.8) is 0 Å². The first kappa shape index (κ1) is 29.7. The number of nitrogens with zero attached hydrogens (tertiary/aromatic N) is 6. The summed E-state index contributed by atoms with van der Waals surface area (Å²) < 4.78 is 0. The van der Waals surface area contributed by atoms with Gasteiger partial charge < -0.3 is 15.5 Å². The van der Waals surface area contributed by atoms with Gasteiger partial charge in [-0.3, -0.25) is 9.69 Å². The van der Waals surface area contributed by atoms with Crippen molar-refractivity contribution in [3.05, 3.63) is 0 Å². The zero-order valence-electron chi connectivity index (χ0n) is 21.3. The molecule has 0 saturated heterocycles. The number of urea groups is 1. The lowest BCUT2D eigenvalue weighted by atomic mass is 9.62. The molecule has 0 aromatic rings. The van der Waals surface area contributed by atoms with E-state index in [0.29, 0.717) is 38.9 Å². The molecule has 0 aromatic carbocycles. The van der Waals surface area contributed by atoms with E-state index in [-0.39, 0.29) is 61.3 Å². The number of amides is 3. The number of nitrogens with one attached hydrogen (secondary N) is 2. The third-order valence-corrected chi connectivity index (χ3v) is 6.20. The second-order valence-corrected chi connectivity index (χ2v) is 10.4. The molecule has 3 amide bonds. The number of hydrogen-bond acceptors (Lipinski definition) is 7. The van der Waals surface area contributed by atoms with Crippen molar-refractivity contribution in [2.24, 2.45) is 10.8 Å². The quantitative estimate of drug-likeness (QED) is 0.408. The molecule has 2 unspecified atom stereocenters. The average molecular weight is 483 g/mol. The highest BCUT2D eigenvalue weighted by atomic mass is 16.2. The van der Waals surface area contributed by atoms with Crippen LogP contribution in [0.1, 0.15) is 65.7 Å². The van der Waals surface area contributed by atoms with Crippen LogP contribution in [0.4, 0.5) is 4.79 Å². The van der Waals surface area contributed by atoms with Crippen LogP contribution in [0, 0.1) is 56.2 Å². The highest BCUT2D eigenvalue weighted by Crippen LogP contribution is 2.45. The number of nitriles is 4. The third-order valence-electron chi connectivity index (χ3n) is 6.20. The van der Waals surface area contributed by atoms with Crippen LogP contribution in [0.25, 0.3) is 0 Å². The minimum absolute atomic E-state index is 0.0434. The Labute approximate surface area is 209 Å². The Morgan fingerprint density at radius 2 is 1.37 bits per heavy atom. The average Bonchev–Trinajstić information content (AvgIpc) is 2.78. The maximum absolute atomic E-state index is 12.8. The van der Waals surface area contributed by atoms with Crippen molar-refractivity contribution in [1.29, 1.82) is 21.0 Å². The van der Waals surface area contributed by atoms with E-state index in [1.165, 1.54) is 4.90 Å². The van der Waals surface area contributed by atoms with Gasteiger partial charge in [-0.05, 0) is 30.1 Å². The van der Waals surface area contributed by atoms with Crippen molar-refractivity contribution in [3.8, 4) is 24.3 Å². The van der Waals surface area contributed by atoms with Crippen LogP contribution >= 0.6 is 0 Å². The normalized spacial score (nSPS) is 20.5. The molecule has 1 aliphatic rings. The zero-order valence-corrected chi connectivity index (χ0v) is 21.3. The molecule has 1 fully saturated rings. The van der Waals surface area contributed by atoms with Crippen LogP contribution in [-0.4, -0.2) is 67.0 Å². The van der Waals surface area contributed by atoms with Gasteiger partial charge in [0.2, 0.25) is 5.91 Å². The molecule has 0 radical (unpaired) electrons. The Balaban J connectivity index is 2.77. The molecule has 1 saturated carbocycles. The first-order valence-electron chi connectivity index (χ1n) is 12.1. The van der Waals surface area contributed by atoms with E-state index in [2.05, 4.69) is 43.5 Å². The summed E-state index contributed by atoms with van der Waals surface area (Å²) in [5, 5.41) is 41.5. The Morgan fingerprint density at radius 1 is 0.857 bits per heavy atom. The number of hydrogen-bond donors (Lipinski definition) is 2. The summed E-state index contributed by atoms with van der Waals surface area (Å²) in [5.74, 6) is -0.130. The lowest BCUT2D eigenvalue weighted by Gasteiger charge is -2.47. The number of carbonyl (C=O) groups excluding carboxylic acids is 2. The molecule has 2 N–H and O–H groups in total. The van der Waals surface area contributed by atoms with Gasteiger partial charge in [-0.2, -0.15) is 21.0 Å². The van der Waals surface area contributed by atoms with Gasteiger partial charge in [0.25, 0.3) is 0 Å². The summed E-state index contributed by atoms with van der Waals surface area (Å²) >= 11 is 0.